The number of aliphatic hydroxyl groups is 1. The van der Waals surface area contributed by atoms with E-state index in [4.69, 9.17) is 5.11 Å². The highest BCUT2D eigenvalue weighted by Gasteiger charge is 2.05. The monoisotopic (exact) mass is 156 g/mol. The molecule has 1 aliphatic rings. The lowest BCUT2D eigenvalue weighted by Crippen LogP contribution is -1.94. The predicted molar refractivity (Wildman–Crippen MR) is 45.8 cm³/mol. The number of aliphatic hydroxyl groups excluding tert-OH is 1. The summed E-state index contributed by atoms with van der Waals surface area (Å²) < 4.78 is 0. The second kappa shape index (κ2) is 3.84. The van der Waals surface area contributed by atoms with Crippen LogP contribution in [0.2, 0.25) is 0 Å². The van der Waals surface area contributed by atoms with Gasteiger partial charge in [0.25, 0.3) is 0 Å². The van der Waals surface area contributed by atoms with Gasteiger partial charge in [0.2, 0.25) is 0 Å². The van der Waals surface area contributed by atoms with Crippen LogP contribution in [0.15, 0.2) is 22.0 Å². The third-order valence-electron chi connectivity index (χ3n) is 1.64. The minimum absolute atomic E-state index is 0.207. The molecule has 0 fully saturated rings. The van der Waals surface area contributed by atoms with Gasteiger partial charge in [-0.2, -0.15) is 0 Å². The number of hydrogen-bond donors (Lipinski definition) is 1. The fourth-order valence-electron chi connectivity index (χ4n) is 1.01. The van der Waals surface area contributed by atoms with E-state index in [1.807, 2.05) is 5.41 Å². The molecule has 0 atom stereocenters. The van der Waals surface area contributed by atoms with Crippen LogP contribution >= 0.6 is 11.8 Å². The fourth-order valence-corrected chi connectivity index (χ4v) is 1.83. The smallest absolute Gasteiger partial charge is 0.0743 e. The van der Waals surface area contributed by atoms with Crippen molar-refractivity contribution < 1.29 is 5.11 Å². The van der Waals surface area contributed by atoms with Gasteiger partial charge in [-0.05, 0) is 18.2 Å². The molecule has 0 unspecified atom stereocenters. The molecule has 0 aromatic carbocycles. The van der Waals surface area contributed by atoms with Crippen LogP contribution in [0.3, 0.4) is 0 Å². The van der Waals surface area contributed by atoms with Gasteiger partial charge in [-0.1, -0.05) is 18.6 Å². The van der Waals surface area contributed by atoms with Crippen LogP contribution in [-0.4, -0.2) is 11.7 Å². The van der Waals surface area contributed by atoms with Crippen molar-refractivity contribution in [3.8, 4) is 0 Å². The zero-order chi connectivity index (χ0) is 7.40. The summed E-state index contributed by atoms with van der Waals surface area (Å²) in [5, 5.41) is 10.9. The van der Waals surface area contributed by atoms with E-state index in [-0.39, 0.29) is 6.61 Å². The van der Waals surface area contributed by atoms with Gasteiger partial charge in [0.1, 0.15) is 0 Å². The summed E-state index contributed by atoms with van der Waals surface area (Å²) in [6.45, 7) is 2.34. The first-order chi connectivity index (χ1) is 4.88. The zero-order valence-corrected chi connectivity index (χ0v) is 6.95. The Labute approximate surface area is 65.8 Å². The first-order valence-electron chi connectivity index (χ1n) is 3.52. The van der Waals surface area contributed by atoms with Crippen LogP contribution in [0.5, 0.6) is 0 Å². The molecule has 0 spiro atoms. The van der Waals surface area contributed by atoms with Gasteiger partial charge in [-0.25, -0.2) is 0 Å². The lowest BCUT2D eigenvalue weighted by atomic mass is 10.1. The van der Waals surface area contributed by atoms with Gasteiger partial charge < -0.3 is 5.11 Å². The molecule has 0 saturated carbocycles. The fraction of sp³-hybridized carbons (Fsp3) is 0.500. The zero-order valence-electron chi connectivity index (χ0n) is 6.13. The summed E-state index contributed by atoms with van der Waals surface area (Å²) >= 11 is 1.64. The number of hydrogen-bond acceptors (Lipinski definition) is 2. The maximum Gasteiger partial charge on any atom is 0.0743 e. The third-order valence-corrected chi connectivity index (χ3v) is 2.67. The SMILES string of the molecule is CCC1=C(CO)SC=CC1. The van der Waals surface area contributed by atoms with E-state index in [2.05, 4.69) is 13.0 Å². The van der Waals surface area contributed by atoms with Crippen molar-refractivity contribution >= 4 is 11.8 Å². The summed E-state index contributed by atoms with van der Waals surface area (Å²) in [6.07, 6.45) is 4.23. The van der Waals surface area contributed by atoms with Crippen molar-refractivity contribution in [2.24, 2.45) is 0 Å². The van der Waals surface area contributed by atoms with Crippen molar-refractivity contribution in [2.45, 2.75) is 19.8 Å². The maximum absolute atomic E-state index is 8.88. The molecule has 0 bridgehead atoms. The Morgan fingerprint density at radius 2 is 2.50 bits per heavy atom. The van der Waals surface area contributed by atoms with E-state index in [9.17, 15) is 0 Å². The molecule has 2 heteroatoms. The summed E-state index contributed by atoms with van der Waals surface area (Å²) in [4.78, 5) is 1.14. The van der Waals surface area contributed by atoms with Gasteiger partial charge in [0.05, 0.1) is 6.61 Å². The van der Waals surface area contributed by atoms with Gasteiger partial charge in [-0.3, -0.25) is 0 Å². The lowest BCUT2D eigenvalue weighted by Gasteiger charge is -2.11. The van der Waals surface area contributed by atoms with Crippen LogP contribution < -0.4 is 0 Å². The van der Waals surface area contributed by atoms with Gasteiger partial charge in [0, 0.05) is 4.91 Å². The van der Waals surface area contributed by atoms with Crippen molar-refractivity contribution in [3.05, 3.63) is 22.0 Å². The highest BCUT2D eigenvalue weighted by atomic mass is 32.2. The molecule has 1 nitrogen and oxygen atoms in total. The molecular weight excluding hydrogens is 144 g/mol. The third kappa shape index (κ3) is 1.64. The van der Waals surface area contributed by atoms with Crippen molar-refractivity contribution in [1.29, 1.82) is 0 Å². The minimum Gasteiger partial charge on any atom is -0.391 e. The Morgan fingerprint density at radius 3 is 3.00 bits per heavy atom. The molecule has 0 radical (unpaired) electrons. The Bertz CT molecular complexity index is 152. The van der Waals surface area contributed by atoms with Gasteiger partial charge in [-0.15, -0.1) is 11.8 Å². The Kier molecular flexibility index (Phi) is 3.03. The van der Waals surface area contributed by atoms with Crippen LogP contribution in [-0.2, 0) is 0 Å². The predicted octanol–water partition coefficient (Wildman–Crippen LogP) is 2.29. The van der Waals surface area contributed by atoms with Crippen molar-refractivity contribution in [3.63, 3.8) is 0 Å². The molecule has 1 aliphatic heterocycles. The second-order valence-corrected chi connectivity index (χ2v) is 3.23. The minimum atomic E-state index is 0.207. The molecule has 0 aliphatic carbocycles. The standard InChI is InChI=1S/C8H12OS/c1-2-7-4-3-5-10-8(7)6-9/h3,5,9H,2,4,6H2,1H3. The van der Waals surface area contributed by atoms with Crippen molar-refractivity contribution in [2.75, 3.05) is 6.61 Å². The summed E-state index contributed by atoms with van der Waals surface area (Å²) in [6, 6.07) is 0. The van der Waals surface area contributed by atoms with Gasteiger partial charge in [0.15, 0.2) is 0 Å². The Hall–Kier alpha value is -0.210. The molecule has 1 heterocycles. The molecule has 1 rings (SSSR count). The molecular formula is C8H12OS. The maximum atomic E-state index is 8.88. The van der Waals surface area contributed by atoms with E-state index < -0.39 is 0 Å². The first-order valence-corrected chi connectivity index (χ1v) is 4.40. The van der Waals surface area contributed by atoms with Crippen LogP contribution in [0.1, 0.15) is 19.8 Å². The normalized spacial score (nSPS) is 18.2. The lowest BCUT2D eigenvalue weighted by molar-refractivity contribution is 0.338. The Morgan fingerprint density at radius 1 is 1.70 bits per heavy atom. The van der Waals surface area contributed by atoms with Crippen molar-refractivity contribution in [1.82, 2.24) is 0 Å². The van der Waals surface area contributed by atoms with Crippen LogP contribution in [0.25, 0.3) is 0 Å². The number of rotatable bonds is 2. The molecule has 10 heavy (non-hydrogen) atoms. The average molecular weight is 156 g/mol. The highest BCUT2D eigenvalue weighted by molar-refractivity contribution is 8.05. The summed E-state index contributed by atoms with van der Waals surface area (Å²) in [5.74, 6) is 0. The summed E-state index contributed by atoms with van der Waals surface area (Å²) in [5.41, 5.74) is 1.38. The van der Waals surface area contributed by atoms with E-state index in [1.54, 1.807) is 11.8 Å². The number of thioether (sulfide) groups is 1. The van der Waals surface area contributed by atoms with Crippen LogP contribution in [0.4, 0.5) is 0 Å². The van der Waals surface area contributed by atoms with E-state index in [0.717, 1.165) is 17.7 Å². The van der Waals surface area contributed by atoms with E-state index in [1.165, 1.54) is 5.57 Å². The largest absolute Gasteiger partial charge is 0.391 e. The molecule has 0 saturated heterocycles. The molecule has 0 aromatic heterocycles. The molecule has 56 valence electrons. The van der Waals surface area contributed by atoms with E-state index in [0.29, 0.717) is 0 Å². The molecule has 0 aromatic rings. The quantitative estimate of drug-likeness (QED) is 0.662. The first kappa shape index (κ1) is 7.89. The Balaban J connectivity index is 2.66. The topological polar surface area (TPSA) is 20.2 Å². The van der Waals surface area contributed by atoms with E-state index >= 15 is 0 Å². The average Bonchev–Trinajstić information content (AvgIpc) is 2.04. The van der Waals surface area contributed by atoms with Gasteiger partial charge >= 0.3 is 0 Å². The second-order valence-electron chi connectivity index (χ2n) is 2.23. The molecule has 0 amide bonds. The highest BCUT2D eigenvalue weighted by Crippen LogP contribution is 2.29. The number of allylic oxidation sites excluding steroid dienone is 2. The summed E-state index contributed by atoms with van der Waals surface area (Å²) in [7, 11) is 0. The van der Waals surface area contributed by atoms with Crippen LogP contribution in [0, 0.1) is 0 Å². The molecule has 1 N–H and O–H groups in total.